The lowest BCUT2D eigenvalue weighted by atomic mass is 9.75. The third kappa shape index (κ3) is 3.20. The highest BCUT2D eigenvalue weighted by Crippen LogP contribution is 2.34. The smallest absolute Gasteiger partial charge is 0.312 e. The maximum atomic E-state index is 11.6. The van der Waals surface area contributed by atoms with Gasteiger partial charge in [-0.2, -0.15) is 0 Å². The van der Waals surface area contributed by atoms with Gasteiger partial charge in [-0.15, -0.1) is 0 Å². The summed E-state index contributed by atoms with van der Waals surface area (Å²) < 4.78 is 4.83. The van der Waals surface area contributed by atoms with Crippen LogP contribution < -0.4 is 5.73 Å². The van der Waals surface area contributed by atoms with Crippen LogP contribution in [0.4, 0.5) is 0 Å². The number of carbonyl (C=O) groups is 1. The molecular weight excluding hydrogens is 190 g/mol. The van der Waals surface area contributed by atoms with Gasteiger partial charge in [-0.1, -0.05) is 32.1 Å². The third-order valence-corrected chi connectivity index (χ3v) is 3.59. The minimum Gasteiger partial charge on any atom is -0.469 e. The maximum Gasteiger partial charge on any atom is 0.312 e. The first-order valence-corrected chi connectivity index (χ1v) is 5.91. The van der Waals surface area contributed by atoms with Crippen molar-refractivity contribution in [3.05, 3.63) is 0 Å². The highest BCUT2D eigenvalue weighted by Gasteiger charge is 2.35. The number of hydrogen-bond acceptors (Lipinski definition) is 3. The van der Waals surface area contributed by atoms with Gasteiger partial charge in [0, 0.05) is 6.54 Å². The van der Waals surface area contributed by atoms with E-state index in [2.05, 4.69) is 0 Å². The van der Waals surface area contributed by atoms with E-state index in [-0.39, 0.29) is 5.97 Å². The Labute approximate surface area is 92.4 Å². The van der Waals surface area contributed by atoms with Crippen molar-refractivity contribution < 1.29 is 9.53 Å². The molecule has 88 valence electrons. The van der Waals surface area contributed by atoms with E-state index in [0.29, 0.717) is 12.5 Å². The Balaban J connectivity index is 2.54. The third-order valence-electron chi connectivity index (χ3n) is 3.59. The van der Waals surface area contributed by atoms with Gasteiger partial charge in [0.25, 0.3) is 0 Å². The second kappa shape index (κ2) is 5.50. The fraction of sp³-hybridized carbons (Fsp3) is 0.917. The zero-order chi connectivity index (χ0) is 11.3. The quantitative estimate of drug-likeness (QED) is 0.727. The van der Waals surface area contributed by atoms with Gasteiger partial charge in [0.2, 0.25) is 0 Å². The summed E-state index contributed by atoms with van der Waals surface area (Å²) in [6, 6.07) is 0. The Morgan fingerprint density at radius 3 is 2.47 bits per heavy atom. The molecule has 0 aromatic rings. The predicted octanol–water partition coefficient (Wildman–Crippen LogP) is 2.09. The van der Waals surface area contributed by atoms with Crippen LogP contribution in [0.2, 0.25) is 0 Å². The Bertz CT molecular complexity index is 212. The number of ether oxygens (including phenoxy) is 1. The molecule has 0 heterocycles. The van der Waals surface area contributed by atoms with Gasteiger partial charge >= 0.3 is 5.97 Å². The second-order valence-electron chi connectivity index (χ2n) is 4.96. The van der Waals surface area contributed by atoms with Gasteiger partial charge < -0.3 is 10.5 Å². The lowest BCUT2D eigenvalue weighted by molar-refractivity contribution is -0.152. The van der Waals surface area contributed by atoms with Crippen molar-refractivity contribution in [3.63, 3.8) is 0 Å². The van der Waals surface area contributed by atoms with Gasteiger partial charge in [-0.3, -0.25) is 4.79 Å². The van der Waals surface area contributed by atoms with Crippen LogP contribution in [0.3, 0.4) is 0 Å². The van der Waals surface area contributed by atoms with Crippen LogP contribution in [0.1, 0.15) is 45.4 Å². The summed E-state index contributed by atoms with van der Waals surface area (Å²) in [5.41, 5.74) is 5.22. The van der Waals surface area contributed by atoms with Crippen LogP contribution in [0, 0.1) is 11.3 Å². The number of carbonyl (C=O) groups excluding carboxylic acids is 1. The summed E-state index contributed by atoms with van der Waals surface area (Å²) in [6.07, 6.45) is 7.31. The van der Waals surface area contributed by atoms with Crippen LogP contribution in [0.15, 0.2) is 0 Å². The molecule has 1 rings (SSSR count). The number of esters is 1. The number of nitrogens with two attached hydrogens (primary N) is 1. The van der Waals surface area contributed by atoms with Crippen LogP contribution in [0.5, 0.6) is 0 Å². The monoisotopic (exact) mass is 213 g/mol. The average molecular weight is 213 g/mol. The lowest BCUT2D eigenvalue weighted by Crippen LogP contribution is -2.38. The summed E-state index contributed by atoms with van der Waals surface area (Å²) in [4.78, 5) is 11.6. The van der Waals surface area contributed by atoms with Crippen molar-refractivity contribution in [2.45, 2.75) is 45.4 Å². The molecule has 1 atom stereocenters. The molecule has 0 saturated heterocycles. The van der Waals surface area contributed by atoms with E-state index in [1.807, 2.05) is 6.92 Å². The first-order chi connectivity index (χ1) is 7.12. The van der Waals surface area contributed by atoms with Crippen LogP contribution >= 0.6 is 0 Å². The molecule has 1 aliphatic carbocycles. The van der Waals surface area contributed by atoms with Gasteiger partial charge in [0.1, 0.15) is 0 Å². The Kier molecular flexibility index (Phi) is 4.58. The Morgan fingerprint density at radius 1 is 1.40 bits per heavy atom. The van der Waals surface area contributed by atoms with E-state index in [1.54, 1.807) is 0 Å². The molecular formula is C12H23NO2. The molecule has 1 aliphatic rings. The molecule has 3 nitrogen and oxygen atoms in total. The minimum absolute atomic E-state index is 0.157. The van der Waals surface area contributed by atoms with E-state index < -0.39 is 5.41 Å². The molecule has 0 radical (unpaired) electrons. The average Bonchev–Trinajstić information content (AvgIpc) is 2.29. The summed E-state index contributed by atoms with van der Waals surface area (Å²) in [6.45, 7) is 2.31. The molecule has 0 aliphatic heterocycles. The highest BCUT2D eigenvalue weighted by atomic mass is 16.5. The normalized spacial score (nSPS) is 22.1. The summed E-state index contributed by atoms with van der Waals surface area (Å²) in [5.74, 6) is 0.502. The van der Waals surface area contributed by atoms with Gasteiger partial charge in [-0.05, 0) is 19.3 Å². The van der Waals surface area contributed by atoms with Crippen molar-refractivity contribution in [1.82, 2.24) is 0 Å². The summed E-state index contributed by atoms with van der Waals surface area (Å²) in [5, 5.41) is 0. The highest BCUT2D eigenvalue weighted by molar-refractivity contribution is 5.76. The molecule has 2 N–H and O–H groups in total. The second-order valence-corrected chi connectivity index (χ2v) is 4.96. The largest absolute Gasteiger partial charge is 0.469 e. The van der Waals surface area contributed by atoms with Gasteiger partial charge in [-0.25, -0.2) is 0 Å². The fourth-order valence-corrected chi connectivity index (χ4v) is 2.52. The molecule has 0 aromatic heterocycles. The van der Waals surface area contributed by atoms with Crippen LogP contribution in [0.25, 0.3) is 0 Å². The van der Waals surface area contributed by atoms with E-state index in [1.165, 1.54) is 39.2 Å². The molecule has 0 bridgehead atoms. The van der Waals surface area contributed by atoms with Crippen molar-refractivity contribution >= 4 is 5.97 Å². The molecule has 0 aromatic carbocycles. The van der Waals surface area contributed by atoms with E-state index in [0.717, 1.165) is 6.42 Å². The zero-order valence-electron chi connectivity index (χ0n) is 9.92. The minimum atomic E-state index is -0.475. The van der Waals surface area contributed by atoms with Gasteiger partial charge in [0.05, 0.1) is 12.5 Å². The molecule has 1 fully saturated rings. The first-order valence-electron chi connectivity index (χ1n) is 5.91. The number of rotatable bonds is 4. The molecule has 15 heavy (non-hydrogen) atoms. The van der Waals surface area contributed by atoms with E-state index >= 15 is 0 Å². The predicted molar refractivity (Wildman–Crippen MR) is 60.4 cm³/mol. The van der Waals surface area contributed by atoms with Crippen molar-refractivity contribution in [1.29, 1.82) is 0 Å². The lowest BCUT2D eigenvalue weighted by Gasteiger charge is -2.31. The SMILES string of the molecule is COC(=O)C(C)(CN)CC1CCCCC1. The topological polar surface area (TPSA) is 52.3 Å². The summed E-state index contributed by atoms with van der Waals surface area (Å²) >= 11 is 0. The van der Waals surface area contributed by atoms with E-state index in [4.69, 9.17) is 10.5 Å². The zero-order valence-corrected chi connectivity index (χ0v) is 9.92. The van der Waals surface area contributed by atoms with Crippen molar-refractivity contribution in [2.75, 3.05) is 13.7 Å². The van der Waals surface area contributed by atoms with Crippen molar-refractivity contribution in [3.8, 4) is 0 Å². The maximum absolute atomic E-state index is 11.6. The number of hydrogen-bond donors (Lipinski definition) is 1. The number of methoxy groups -OCH3 is 1. The molecule has 1 saturated carbocycles. The molecule has 3 heteroatoms. The molecule has 0 amide bonds. The Morgan fingerprint density at radius 2 is 2.00 bits per heavy atom. The molecule has 0 spiro atoms. The fourth-order valence-electron chi connectivity index (χ4n) is 2.52. The first kappa shape index (κ1) is 12.5. The van der Waals surface area contributed by atoms with Crippen LogP contribution in [-0.2, 0) is 9.53 Å². The van der Waals surface area contributed by atoms with Crippen molar-refractivity contribution in [2.24, 2.45) is 17.1 Å². The van der Waals surface area contributed by atoms with Gasteiger partial charge in [0.15, 0.2) is 0 Å². The van der Waals surface area contributed by atoms with Crippen LogP contribution in [-0.4, -0.2) is 19.6 Å². The van der Waals surface area contributed by atoms with E-state index in [9.17, 15) is 4.79 Å². The Hall–Kier alpha value is -0.570. The standard InChI is InChI=1S/C12H23NO2/c1-12(9-13,11(14)15-2)8-10-6-4-3-5-7-10/h10H,3-9,13H2,1-2H3. The molecule has 1 unspecified atom stereocenters. The summed E-state index contributed by atoms with van der Waals surface area (Å²) in [7, 11) is 1.44.